The van der Waals surface area contributed by atoms with Crippen LogP contribution in [0.15, 0.2) is 60.8 Å². The van der Waals surface area contributed by atoms with Crippen LogP contribution in [0.2, 0.25) is 0 Å². The molecule has 1 aliphatic carbocycles. The minimum Gasteiger partial charge on any atom is -0.497 e. The molecule has 1 aliphatic rings. The number of nitrogens with zero attached hydrogens (tertiary/aromatic N) is 5. The highest BCUT2D eigenvalue weighted by molar-refractivity contribution is 5.89. The summed E-state index contributed by atoms with van der Waals surface area (Å²) in [4.78, 5) is 12.5. The summed E-state index contributed by atoms with van der Waals surface area (Å²) in [7, 11) is 2.96. The lowest BCUT2D eigenvalue weighted by atomic mass is 9.82. The van der Waals surface area contributed by atoms with E-state index in [2.05, 4.69) is 46.6 Å². The van der Waals surface area contributed by atoms with Gasteiger partial charge in [0.15, 0.2) is 0 Å². The fourth-order valence-corrected chi connectivity index (χ4v) is 6.07. The fraction of sp³-hybridized carbons (Fsp3) is 0.471. The lowest BCUT2D eigenvalue weighted by Gasteiger charge is -2.29. The number of rotatable bonds is 13. The summed E-state index contributed by atoms with van der Waals surface area (Å²) < 4.78 is 20.2. The molecule has 1 atom stereocenters. The molecule has 2 aromatic carbocycles. The highest BCUT2D eigenvalue weighted by Crippen LogP contribution is 2.36. The second kappa shape index (κ2) is 14.1. The Hall–Kier alpha value is -4.18. The zero-order valence-corrected chi connectivity index (χ0v) is 26.1. The molecule has 0 aliphatic heterocycles. The van der Waals surface area contributed by atoms with Crippen LogP contribution in [0.3, 0.4) is 0 Å². The van der Waals surface area contributed by atoms with Crippen molar-refractivity contribution in [1.29, 1.82) is 0 Å². The third-order valence-corrected chi connectivity index (χ3v) is 8.72. The largest absolute Gasteiger partial charge is 0.497 e. The first-order valence-corrected chi connectivity index (χ1v) is 15.5. The average molecular weight is 602 g/mol. The average Bonchev–Trinajstić information content (AvgIpc) is 3.68. The third-order valence-electron chi connectivity index (χ3n) is 8.72. The second-order valence-corrected chi connectivity index (χ2v) is 11.7. The predicted molar refractivity (Wildman–Crippen MR) is 167 cm³/mol. The summed E-state index contributed by atoms with van der Waals surface area (Å²) in [6.07, 6.45) is 7.75. The van der Waals surface area contributed by atoms with Gasteiger partial charge in [-0.3, -0.25) is 4.68 Å². The zero-order chi connectivity index (χ0) is 31.1. The smallest absolute Gasteiger partial charge is 0.364 e. The first-order chi connectivity index (χ1) is 21.4. The number of aromatic nitrogens is 5. The van der Waals surface area contributed by atoms with Gasteiger partial charge in [-0.2, -0.15) is 5.10 Å². The molecule has 5 rings (SSSR count). The molecule has 0 amide bonds. The van der Waals surface area contributed by atoms with E-state index in [0.29, 0.717) is 31.3 Å². The Morgan fingerprint density at radius 3 is 2.34 bits per heavy atom. The van der Waals surface area contributed by atoms with Crippen LogP contribution in [-0.2, 0) is 17.8 Å². The Balaban J connectivity index is 1.23. The predicted octanol–water partition coefficient (Wildman–Crippen LogP) is 6.03. The molecule has 2 aromatic heterocycles. The van der Waals surface area contributed by atoms with Crippen molar-refractivity contribution in [3.63, 3.8) is 0 Å². The number of carbonyl (C=O) groups excluding carboxylic acids is 1. The number of benzene rings is 2. The van der Waals surface area contributed by atoms with Gasteiger partial charge in [0.05, 0.1) is 38.6 Å². The highest BCUT2D eigenvalue weighted by Gasteiger charge is 2.29. The van der Waals surface area contributed by atoms with Crippen molar-refractivity contribution in [3.05, 3.63) is 77.6 Å². The van der Waals surface area contributed by atoms with Crippen LogP contribution in [0.5, 0.6) is 11.6 Å². The summed E-state index contributed by atoms with van der Waals surface area (Å²) >= 11 is 0. The van der Waals surface area contributed by atoms with E-state index < -0.39 is 11.6 Å². The number of aliphatic hydroxyl groups is 1. The molecule has 4 aromatic rings. The van der Waals surface area contributed by atoms with Crippen LogP contribution in [0.1, 0.15) is 86.3 Å². The van der Waals surface area contributed by atoms with Gasteiger partial charge < -0.3 is 19.3 Å². The molecular formula is C34H43N5O5. The molecule has 1 N–H and O–H groups in total. The van der Waals surface area contributed by atoms with Crippen LogP contribution >= 0.6 is 0 Å². The number of carbonyl (C=O) groups is 1. The van der Waals surface area contributed by atoms with Gasteiger partial charge in [-0.25, -0.2) is 9.48 Å². The van der Waals surface area contributed by atoms with Crippen molar-refractivity contribution >= 4 is 5.97 Å². The lowest BCUT2D eigenvalue weighted by molar-refractivity contribution is 0.00713. The third kappa shape index (κ3) is 7.13. The standard InChI is InChI=1S/C34H43N5O5/c1-5-20-34(41,6-2)23-39-30(19-21-35-39)27-11-9-25(10-12-27)26-13-17-29(18-14-26)44-32-31(33(40)43-4)36-37-38(32)22-24-7-15-28(42-3)16-8-24/h7-12,15-16,19,21,26,29,41H,5-6,13-14,17-18,20,22-23H2,1-4H3/t26-,29-,34?. The van der Waals surface area contributed by atoms with E-state index in [9.17, 15) is 9.90 Å². The molecule has 10 heteroatoms. The number of ether oxygens (including phenoxy) is 3. The second-order valence-electron chi connectivity index (χ2n) is 11.7. The Morgan fingerprint density at radius 1 is 0.977 bits per heavy atom. The van der Waals surface area contributed by atoms with Gasteiger partial charge in [0.2, 0.25) is 11.6 Å². The molecule has 1 fully saturated rings. The minimum atomic E-state index is -0.753. The SMILES string of the molecule is CCCC(O)(CC)Cn1nccc1-c1ccc([C@H]2CC[C@H](Oc3c(C(=O)OC)nnn3Cc3ccc(OC)cc3)CC2)cc1. The molecule has 0 bridgehead atoms. The quantitative estimate of drug-likeness (QED) is 0.185. The van der Waals surface area contributed by atoms with E-state index in [1.165, 1.54) is 12.7 Å². The molecule has 1 saturated carbocycles. The highest BCUT2D eigenvalue weighted by atomic mass is 16.5. The van der Waals surface area contributed by atoms with Crippen molar-refractivity contribution < 1.29 is 24.1 Å². The molecule has 1 unspecified atom stereocenters. The van der Waals surface area contributed by atoms with Gasteiger partial charge >= 0.3 is 5.97 Å². The van der Waals surface area contributed by atoms with E-state index in [1.807, 2.05) is 41.9 Å². The summed E-state index contributed by atoms with van der Waals surface area (Å²) in [6.45, 7) is 5.01. The molecule has 0 saturated heterocycles. The van der Waals surface area contributed by atoms with Crippen molar-refractivity contribution in [3.8, 4) is 22.9 Å². The number of hydrogen-bond acceptors (Lipinski definition) is 8. The van der Waals surface area contributed by atoms with Gasteiger partial charge in [-0.15, -0.1) is 5.10 Å². The number of methoxy groups -OCH3 is 2. The first kappa shape index (κ1) is 31.3. The van der Waals surface area contributed by atoms with E-state index in [1.54, 1.807) is 18.0 Å². The zero-order valence-electron chi connectivity index (χ0n) is 26.1. The van der Waals surface area contributed by atoms with Crippen molar-refractivity contribution in [2.45, 2.75) is 89.5 Å². The number of hydrogen-bond donors (Lipinski definition) is 1. The fourth-order valence-electron chi connectivity index (χ4n) is 6.07. The Kier molecular flexibility index (Phi) is 9.99. The van der Waals surface area contributed by atoms with Crippen LogP contribution in [0, 0.1) is 0 Å². The van der Waals surface area contributed by atoms with Crippen LogP contribution in [-0.4, -0.2) is 61.8 Å². The molecule has 10 nitrogen and oxygen atoms in total. The van der Waals surface area contributed by atoms with Gasteiger partial charge in [0.25, 0.3) is 0 Å². The Labute approximate surface area is 258 Å². The summed E-state index contributed by atoms with van der Waals surface area (Å²) in [5.74, 6) is 0.960. The maximum atomic E-state index is 12.5. The van der Waals surface area contributed by atoms with Crippen molar-refractivity contribution in [2.24, 2.45) is 0 Å². The van der Waals surface area contributed by atoms with Crippen LogP contribution < -0.4 is 9.47 Å². The molecule has 0 spiro atoms. The molecule has 234 valence electrons. The lowest BCUT2D eigenvalue weighted by Crippen LogP contribution is -2.34. The molecule has 2 heterocycles. The maximum absolute atomic E-state index is 12.5. The topological polar surface area (TPSA) is 114 Å². The summed E-state index contributed by atoms with van der Waals surface area (Å²) in [5, 5.41) is 23.8. The monoisotopic (exact) mass is 601 g/mol. The van der Waals surface area contributed by atoms with Gasteiger partial charge in [-0.05, 0) is 79.3 Å². The minimum absolute atomic E-state index is 0.0585. The van der Waals surface area contributed by atoms with Crippen molar-refractivity contribution in [2.75, 3.05) is 14.2 Å². The Bertz CT molecular complexity index is 1510. The van der Waals surface area contributed by atoms with E-state index in [-0.39, 0.29) is 11.8 Å². The normalized spacial score (nSPS) is 18.0. The number of esters is 1. The van der Waals surface area contributed by atoms with E-state index >= 15 is 0 Å². The first-order valence-electron chi connectivity index (χ1n) is 15.5. The molecule has 0 radical (unpaired) electrons. The van der Waals surface area contributed by atoms with Gasteiger partial charge in [0.1, 0.15) is 11.9 Å². The summed E-state index contributed by atoms with van der Waals surface area (Å²) in [5.41, 5.74) is 3.72. The maximum Gasteiger partial charge on any atom is 0.364 e. The van der Waals surface area contributed by atoms with Gasteiger partial charge in [-0.1, -0.05) is 61.9 Å². The van der Waals surface area contributed by atoms with Crippen molar-refractivity contribution in [1.82, 2.24) is 24.8 Å². The molecule has 44 heavy (non-hydrogen) atoms. The summed E-state index contributed by atoms with van der Waals surface area (Å²) in [6, 6.07) is 18.4. The Morgan fingerprint density at radius 2 is 1.70 bits per heavy atom. The van der Waals surface area contributed by atoms with Gasteiger partial charge in [0, 0.05) is 6.20 Å². The van der Waals surface area contributed by atoms with E-state index in [4.69, 9.17) is 14.2 Å². The van der Waals surface area contributed by atoms with Crippen LogP contribution in [0.4, 0.5) is 0 Å². The van der Waals surface area contributed by atoms with Crippen LogP contribution in [0.25, 0.3) is 11.3 Å². The molecular weight excluding hydrogens is 558 g/mol. The van der Waals surface area contributed by atoms with E-state index in [0.717, 1.165) is 61.1 Å².